The zero-order valence-corrected chi connectivity index (χ0v) is 13.9. The number of hydrogen-bond acceptors (Lipinski definition) is 2. The molecule has 120 valence electrons. The van der Waals surface area contributed by atoms with E-state index in [9.17, 15) is 4.79 Å². The van der Waals surface area contributed by atoms with Gasteiger partial charge in [0.2, 0.25) is 0 Å². The number of piperazine rings is 1. The van der Waals surface area contributed by atoms with Crippen LogP contribution in [0.1, 0.15) is 5.56 Å². The van der Waals surface area contributed by atoms with Crippen LogP contribution >= 0.6 is 11.6 Å². The Bertz CT molecular complexity index is 682. The highest BCUT2D eigenvalue weighted by atomic mass is 35.5. The van der Waals surface area contributed by atoms with Crippen molar-refractivity contribution in [3.8, 4) is 0 Å². The molecular formula is C18H20ClN3O. The highest BCUT2D eigenvalue weighted by Crippen LogP contribution is 2.24. The first-order valence-electron chi connectivity index (χ1n) is 7.75. The Kier molecular flexibility index (Phi) is 4.72. The predicted molar refractivity (Wildman–Crippen MR) is 95.4 cm³/mol. The van der Waals surface area contributed by atoms with Crippen LogP contribution in [-0.4, -0.2) is 37.1 Å². The molecule has 1 aliphatic heterocycles. The molecule has 1 fully saturated rings. The molecule has 1 heterocycles. The number of anilines is 2. The van der Waals surface area contributed by atoms with Crippen LogP contribution in [0.3, 0.4) is 0 Å². The van der Waals surface area contributed by atoms with Gasteiger partial charge in [0.1, 0.15) is 0 Å². The summed E-state index contributed by atoms with van der Waals surface area (Å²) >= 11 is 6.02. The van der Waals surface area contributed by atoms with Crippen molar-refractivity contribution in [1.29, 1.82) is 0 Å². The number of urea groups is 1. The van der Waals surface area contributed by atoms with Crippen LogP contribution < -0.4 is 10.2 Å². The highest BCUT2D eigenvalue weighted by Gasteiger charge is 2.22. The van der Waals surface area contributed by atoms with Crippen molar-refractivity contribution in [3.05, 3.63) is 59.1 Å². The van der Waals surface area contributed by atoms with Gasteiger partial charge in [-0.2, -0.15) is 0 Å². The van der Waals surface area contributed by atoms with E-state index in [4.69, 9.17) is 11.6 Å². The molecular weight excluding hydrogens is 310 g/mol. The molecule has 0 spiro atoms. The third-order valence-electron chi connectivity index (χ3n) is 4.09. The van der Waals surface area contributed by atoms with Crippen molar-refractivity contribution in [1.82, 2.24) is 4.90 Å². The van der Waals surface area contributed by atoms with Crippen LogP contribution in [0, 0.1) is 6.92 Å². The molecule has 5 heteroatoms. The molecule has 1 aliphatic rings. The number of para-hydroxylation sites is 1. The Morgan fingerprint density at radius 3 is 2.39 bits per heavy atom. The predicted octanol–water partition coefficient (Wildman–Crippen LogP) is 4.00. The Labute approximate surface area is 141 Å². The van der Waals surface area contributed by atoms with Crippen molar-refractivity contribution in [2.75, 3.05) is 36.4 Å². The van der Waals surface area contributed by atoms with Crippen molar-refractivity contribution in [2.24, 2.45) is 0 Å². The lowest BCUT2D eigenvalue weighted by atomic mass is 10.1. The first kappa shape index (κ1) is 15.7. The normalized spacial score (nSPS) is 14.7. The van der Waals surface area contributed by atoms with Crippen LogP contribution in [-0.2, 0) is 0 Å². The van der Waals surface area contributed by atoms with Crippen molar-refractivity contribution >= 4 is 29.0 Å². The zero-order valence-electron chi connectivity index (χ0n) is 13.1. The molecule has 0 unspecified atom stereocenters. The average molecular weight is 330 g/mol. The maximum Gasteiger partial charge on any atom is 0.321 e. The minimum atomic E-state index is -0.0383. The van der Waals surface area contributed by atoms with E-state index in [0.717, 1.165) is 23.8 Å². The average Bonchev–Trinajstić information content (AvgIpc) is 2.56. The first-order valence-corrected chi connectivity index (χ1v) is 8.13. The summed E-state index contributed by atoms with van der Waals surface area (Å²) in [5.74, 6) is 0. The largest absolute Gasteiger partial charge is 0.368 e. The summed E-state index contributed by atoms with van der Waals surface area (Å²) in [5, 5.41) is 3.69. The number of carbonyl (C=O) groups excluding carboxylic acids is 1. The Morgan fingerprint density at radius 1 is 1.04 bits per heavy atom. The van der Waals surface area contributed by atoms with Gasteiger partial charge >= 0.3 is 6.03 Å². The van der Waals surface area contributed by atoms with Gasteiger partial charge in [-0.1, -0.05) is 29.8 Å². The number of rotatable bonds is 2. The summed E-state index contributed by atoms with van der Waals surface area (Å²) in [6, 6.07) is 15.5. The van der Waals surface area contributed by atoms with E-state index >= 15 is 0 Å². The number of aryl methyl sites for hydroxylation is 1. The molecule has 1 saturated heterocycles. The Morgan fingerprint density at radius 2 is 1.74 bits per heavy atom. The second-order valence-electron chi connectivity index (χ2n) is 5.70. The van der Waals surface area contributed by atoms with Gasteiger partial charge in [0.25, 0.3) is 0 Å². The van der Waals surface area contributed by atoms with Crippen LogP contribution in [0.2, 0.25) is 5.02 Å². The second-order valence-corrected chi connectivity index (χ2v) is 6.14. The SMILES string of the molecule is Cc1cc(Cl)ccc1N1CCN(C(=O)Nc2ccccc2)CC1. The molecule has 0 aromatic heterocycles. The molecule has 2 aromatic rings. The molecule has 2 amide bonds. The number of hydrogen-bond donors (Lipinski definition) is 1. The van der Waals surface area contributed by atoms with Gasteiger partial charge in [-0.15, -0.1) is 0 Å². The molecule has 0 atom stereocenters. The molecule has 23 heavy (non-hydrogen) atoms. The fraction of sp³-hybridized carbons (Fsp3) is 0.278. The van der Waals surface area contributed by atoms with Gasteiger partial charge in [-0.05, 0) is 42.8 Å². The number of halogens is 1. The monoisotopic (exact) mass is 329 g/mol. The Balaban J connectivity index is 1.59. The summed E-state index contributed by atoms with van der Waals surface area (Å²) in [6.07, 6.45) is 0. The van der Waals surface area contributed by atoms with E-state index in [1.165, 1.54) is 11.3 Å². The van der Waals surface area contributed by atoms with Crippen LogP contribution in [0.25, 0.3) is 0 Å². The smallest absolute Gasteiger partial charge is 0.321 e. The van der Waals surface area contributed by atoms with Crippen molar-refractivity contribution in [3.63, 3.8) is 0 Å². The van der Waals surface area contributed by atoms with E-state index in [0.29, 0.717) is 13.1 Å². The first-order chi connectivity index (χ1) is 11.1. The second kappa shape index (κ2) is 6.92. The maximum absolute atomic E-state index is 12.3. The standard InChI is InChI=1S/C18H20ClN3O/c1-14-13-15(19)7-8-17(14)21-9-11-22(12-10-21)18(23)20-16-5-3-2-4-6-16/h2-8,13H,9-12H2,1H3,(H,20,23). The quantitative estimate of drug-likeness (QED) is 0.903. The molecule has 4 nitrogen and oxygen atoms in total. The fourth-order valence-corrected chi connectivity index (χ4v) is 3.07. The van der Waals surface area contributed by atoms with Gasteiger partial charge in [-0.3, -0.25) is 0 Å². The molecule has 0 bridgehead atoms. The van der Waals surface area contributed by atoms with E-state index in [2.05, 4.69) is 23.2 Å². The number of benzene rings is 2. The fourth-order valence-electron chi connectivity index (χ4n) is 2.85. The van der Waals surface area contributed by atoms with Crippen LogP contribution in [0.15, 0.2) is 48.5 Å². The lowest BCUT2D eigenvalue weighted by molar-refractivity contribution is 0.208. The lowest BCUT2D eigenvalue weighted by Crippen LogP contribution is -2.50. The van der Waals surface area contributed by atoms with Gasteiger partial charge < -0.3 is 15.1 Å². The number of nitrogens with one attached hydrogen (secondary N) is 1. The minimum absolute atomic E-state index is 0.0383. The molecule has 3 rings (SSSR count). The van der Waals surface area contributed by atoms with E-state index < -0.39 is 0 Å². The van der Waals surface area contributed by atoms with Gasteiger partial charge in [0.15, 0.2) is 0 Å². The molecule has 0 saturated carbocycles. The zero-order chi connectivity index (χ0) is 16.2. The summed E-state index contributed by atoms with van der Waals surface area (Å²) in [5.41, 5.74) is 3.19. The molecule has 1 N–H and O–H groups in total. The van der Waals surface area contributed by atoms with E-state index in [1.54, 1.807) is 0 Å². The van der Waals surface area contributed by atoms with Crippen LogP contribution in [0.5, 0.6) is 0 Å². The summed E-state index contributed by atoms with van der Waals surface area (Å²) in [4.78, 5) is 16.5. The summed E-state index contributed by atoms with van der Waals surface area (Å²) < 4.78 is 0. The maximum atomic E-state index is 12.3. The van der Waals surface area contributed by atoms with Crippen molar-refractivity contribution < 1.29 is 4.79 Å². The van der Waals surface area contributed by atoms with Crippen molar-refractivity contribution in [2.45, 2.75) is 6.92 Å². The number of carbonyl (C=O) groups is 1. The summed E-state index contributed by atoms with van der Waals surface area (Å²) in [7, 11) is 0. The lowest BCUT2D eigenvalue weighted by Gasteiger charge is -2.36. The van der Waals surface area contributed by atoms with E-state index in [-0.39, 0.29) is 6.03 Å². The molecule has 0 aliphatic carbocycles. The summed E-state index contributed by atoms with van der Waals surface area (Å²) in [6.45, 7) is 5.13. The number of amides is 2. The topological polar surface area (TPSA) is 35.6 Å². The Hall–Kier alpha value is -2.20. The van der Waals surface area contributed by atoms with Gasteiger partial charge in [0.05, 0.1) is 0 Å². The van der Waals surface area contributed by atoms with Crippen LogP contribution in [0.4, 0.5) is 16.2 Å². The minimum Gasteiger partial charge on any atom is -0.368 e. The highest BCUT2D eigenvalue weighted by molar-refractivity contribution is 6.30. The third-order valence-corrected chi connectivity index (χ3v) is 4.33. The molecule has 0 radical (unpaired) electrons. The van der Waals surface area contributed by atoms with Gasteiger partial charge in [0, 0.05) is 42.6 Å². The molecule has 2 aromatic carbocycles. The number of nitrogens with zero attached hydrogens (tertiary/aromatic N) is 2. The third kappa shape index (κ3) is 3.77. The van der Waals surface area contributed by atoms with E-state index in [1.807, 2.05) is 47.4 Å². The van der Waals surface area contributed by atoms with Gasteiger partial charge in [-0.25, -0.2) is 4.79 Å².